The third kappa shape index (κ3) is 3.07. The fraction of sp³-hybridized carbons (Fsp3) is 0.500. The Balaban J connectivity index is 2.96. The zero-order valence-corrected chi connectivity index (χ0v) is 11.5. The molecule has 0 saturated carbocycles. The Morgan fingerprint density at radius 1 is 1.44 bits per heavy atom. The van der Waals surface area contributed by atoms with Crippen LogP contribution in [0.5, 0.6) is 0 Å². The number of hydrogen-bond donors (Lipinski definition) is 1. The molecule has 0 saturated heterocycles. The van der Waals surface area contributed by atoms with Crippen molar-refractivity contribution in [1.29, 1.82) is 0 Å². The first-order valence-corrected chi connectivity index (χ1v) is 6.04. The van der Waals surface area contributed by atoms with Crippen LogP contribution in [0.2, 0.25) is 0 Å². The van der Waals surface area contributed by atoms with E-state index in [1.54, 1.807) is 31.0 Å². The van der Waals surface area contributed by atoms with E-state index in [2.05, 4.69) is 0 Å². The number of rotatable bonds is 4. The first kappa shape index (κ1) is 14.6. The normalized spacial score (nSPS) is 11.4. The van der Waals surface area contributed by atoms with Crippen molar-refractivity contribution in [3.05, 3.63) is 29.6 Å². The Morgan fingerprint density at radius 2 is 2.06 bits per heavy atom. The molecule has 0 bridgehead atoms. The Morgan fingerprint density at radius 3 is 2.56 bits per heavy atom. The second kappa shape index (κ2) is 5.48. The van der Waals surface area contributed by atoms with Gasteiger partial charge in [-0.25, -0.2) is 4.39 Å². The summed E-state index contributed by atoms with van der Waals surface area (Å²) in [6.45, 7) is 5.89. The molecule has 0 aromatic heterocycles. The van der Waals surface area contributed by atoms with Gasteiger partial charge in [-0.2, -0.15) is 0 Å². The first-order valence-electron chi connectivity index (χ1n) is 6.04. The Kier molecular flexibility index (Phi) is 4.46. The quantitative estimate of drug-likeness (QED) is 0.894. The number of carbonyl (C=O) groups excluding carboxylic acids is 1. The Hall–Kier alpha value is -1.42. The minimum Gasteiger partial charge on any atom is -0.330 e. The zero-order chi connectivity index (χ0) is 13.9. The lowest BCUT2D eigenvalue weighted by Gasteiger charge is -2.29. The summed E-state index contributed by atoms with van der Waals surface area (Å²) in [6.07, 6.45) is 0.621. The van der Waals surface area contributed by atoms with Gasteiger partial charge in [-0.15, -0.1) is 0 Å². The lowest BCUT2D eigenvalue weighted by molar-refractivity contribution is -0.126. The van der Waals surface area contributed by atoms with Crippen molar-refractivity contribution in [3.63, 3.8) is 0 Å². The molecule has 0 aliphatic heterocycles. The maximum absolute atomic E-state index is 13.2. The highest BCUT2D eigenvalue weighted by Gasteiger charge is 2.30. The van der Waals surface area contributed by atoms with E-state index in [-0.39, 0.29) is 11.7 Å². The molecule has 4 heteroatoms. The van der Waals surface area contributed by atoms with Crippen LogP contribution < -0.4 is 10.6 Å². The van der Waals surface area contributed by atoms with Gasteiger partial charge in [0.25, 0.3) is 0 Å². The summed E-state index contributed by atoms with van der Waals surface area (Å²) < 4.78 is 13.2. The SMILES string of the molecule is Cc1cc(N(C)C(=O)C(C)(C)CCN)ccc1F. The number of hydrogen-bond acceptors (Lipinski definition) is 2. The second-order valence-electron chi connectivity index (χ2n) is 5.22. The molecule has 0 radical (unpaired) electrons. The van der Waals surface area contributed by atoms with Gasteiger partial charge in [0.15, 0.2) is 0 Å². The number of carbonyl (C=O) groups is 1. The highest BCUT2D eigenvalue weighted by Crippen LogP contribution is 2.26. The van der Waals surface area contributed by atoms with Crippen molar-refractivity contribution >= 4 is 11.6 Å². The van der Waals surface area contributed by atoms with E-state index in [0.29, 0.717) is 24.2 Å². The molecule has 1 amide bonds. The fourth-order valence-electron chi connectivity index (χ4n) is 1.88. The van der Waals surface area contributed by atoms with E-state index in [9.17, 15) is 9.18 Å². The molecule has 0 aliphatic carbocycles. The summed E-state index contributed by atoms with van der Waals surface area (Å²) in [5, 5.41) is 0. The number of amides is 1. The van der Waals surface area contributed by atoms with Gasteiger partial charge >= 0.3 is 0 Å². The predicted molar refractivity (Wildman–Crippen MR) is 72.0 cm³/mol. The molecule has 0 spiro atoms. The monoisotopic (exact) mass is 252 g/mol. The third-order valence-corrected chi connectivity index (χ3v) is 3.18. The van der Waals surface area contributed by atoms with E-state index in [4.69, 9.17) is 5.73 Å². The van der Waals surface area contributed by atoms with Crippen molar-refractivity contribution in [2.24, 2.45) is 11.1 Å². The molecule has 0 atom stereocenters. The van der Waals surface area contributed by atoms with Gasteiger partial charge in [-0.05, 0) is 43.7 Å². The molecule has 100 valence electrons. The number of benzene rings is 1. The van der Waals surface area contributed by atoms with E-state index in [1.807, 2.05) is 13.8 Å². The molecule has 3 nitrogen and oxygen atoms in total. The van der Waals surface area contributed by atoms with Gasteiger partial charge in [0.1, 0.15) is 5.82 Å². The van der Waals surface area contributed by atoms with Crippen molar-refractivity contribution in [1.82, 2.24) is 0 Å². The highest BCUT2D eigenvalue weighted by molar-refractivity contribution is 5.96. The van der Waals surface area contributed by atoms with E-state index in [0.717, 1.165) is 0 Å². The van der Waals surface area contributed by atoms with Crippen LogP contribution in [0, 0.1) is 18.2 Å². The average molecular weight is 252 g/mol. The summed E-state index contributed by atoms with van der Waals surface area (Å²) in [4.78, 5) is 13.9. The number of nitrogens with zero attached hydrogens (tertiary/aromatic N) is 1. The van der Waals surface area contributed by atoms with Crippen LogP contribution in [0.1, 0.15) is 25.8 Å². The van der Waals surface area contributed by atoms with Crippen LogP contribution in [-0.4, -0.2) is 19.5 Å². The molecule has 18 heavy (non-hydrogen) atoms. The van der Waals surface area contributed by atoms with E-state index in [1.165, 1.54) is 6.07 Å². The van der Waals surface area contributed by atoms with Crippen LogP contribution >= 0.6 is 0 Å². The fourth-order valence-corrected chi connectivity index (χ4v) is 1.88. The largest absolute Gasteiger partial charge is 0.330 e. The zero-order valence-electron chi connectivity index (χ0n) is 11.5. The van der Waals surface area contributed by atoms with Crippen molar-refractivity contribution < 1.29 is 9.18 Å². The summed E-state index contributed by atoms with van der Waals surface area (Å²) >= 11 is 0. The molecule has 2 N–H and O–H groups in total. The Bertz CT molecular complexity index is 443. The molecule has 1 aromatic carbocycles. The molecular weight excluding hydrogens is 231 g/mol. The summed E-state index contributed by atoms with van der Waals surface area (Å²) in [6, 6.07) is 4.66. The molecular formula is C14H21FN2O. The maximum Gasteiger partial charge on any atom is 0.232 e. The second-order valence-corrected chi connectivity index (χ2v) is 5.22. The van der Waals surface area contributed by atoms with Crippen LogP contribution in [0.3, 0.4) is 0 Å². The maximum atomic E-state index is 13.2. The van der Waals surface area contributed by atoms with Gasteiger partial charge < -0.3 is 10.6 Å². The number of halogens is 1. The predicted octanol–water partition coefficient (Wildman–Crippen LogP) is 2.47. The van der Waals surface area contributed by atoms with E-state index < -0.39 is 5.41 Å². The van der Waals surface area contributed by atoms with Gasteiger partial charge in [0, 0.05) is 18.2 Å². The third-order valence-electron chi connectivity index (χ3n) is 3.18. The summed E-state index contributed by atoms with van der Waals surface area (Å²) in [5.41, 5.74) is 6.24. The standard InChI is InChI=1S/C14H21FN2O/c1-10-9-11(5-6-12(10)15)17(4)13(18)14(2,3)7-8-16/h5-6,9H,7-8,16H2,1-4H3. The first-order chi connectivity index (χ1) is 8.29. The minimum atomic E-state index is -0.508. The van der Waals surface area contributed by atoms with Crippen molar-refractivity contribution in [2.75, 3.05) is 18.5 Å². The van der Waals surface area contributed by atoms with Gasteiger partial charge in [-0.1, -0.05) is 13.8 Å². The molecule has 1 rings (SSSR count). The molecule has 1 aromatic rings. The van der Waals surface area contributed by atoms with Crippen LogP contribution in [0.15, 0.2) is 18.2 Å². The van der Waals surface area contributed by atoms with E-state index >= 15 is 0 Å². The van der Waals surface area contributed by atoms with Gasteiger partial charge in [0.2, 0.25) is 5.91 Å². The van der Waals surface area contributed by atoms with Gasteiger partial charge in [0.05, 0.1) is 0 Å². The smallest absolute Gasteiger partial charge is 0.232 e. The highest BCUT2D eigenvalue weighted by atomic mass is 19.1. The van der Waals surface area contributed by atoms with Crippen molar-refractivity contribution in [2.45, 2.75) is 27.2 Å². The molecule has 0 heterocycles. The van der Waals surface area contributed by atoms with Crippen LogP contribution in [0.25, 0.3) is 0 Å². The number of anilines is 1. The van der Waals surface area contributed by atoms with Crippen molar-refractivity contribution in [3.8, 4) is 0 Å². The summed E-state index contributed by atoms with van der Waals surface area (Å²) in [5.74, 6) is -0.278. The topological polar surface area (TPSA) is 46.3 Å². The summed E-state index contributed by atoms with van der Waals surface area (Å²) in [7, 11) is 1.70. The van der Waals surface area contributed by atoms with Crippen LogP contribution in [-0.2, 0) is 4.79 Å². The number of aryl methyl sites for hydroxylation is 1. The van der Waals surface area contributed by atoms with Gasteiger partial charge in [-0.3, -0.25) is 4.79 Å². The lowest BCUT2D eigenvalue weighted by Crippen LogP contribution is -2.39. The lowest BCUT2D eigenvalue weighted by atomic mass is 9.87. The molecule has 0 unspecified atom stereocenters. The average Bonchev–Trinajstić information content (AvgIpc) is 2.30. The molecule has 0 fully saturated rings. The van der Waals surface area contributed by atoms with Crippen LogP contribution in [0.4, 0.5) is 10.1 Å². The minimum absolute atomic E-state index is 0.0149. The number of nitrogens with two attached hydrogens (primary N) is 1. The molecule has 0 aliphatic rings. The Labute approximate surface area is 108 Å².